The first-order valence-corrected chi connectivity index (χ1v) is 6.19. The van der Waals surface area contributed by atoms with Crippen LogP contribution in [0, 0.1) is 19.3 Å². The number of hydrogen-bond acceptors (Lipinski definition) is 3. The van der Waals surface area contributed by atoms with Crippen LogP contribution in [0.2, 0.25) is 0 Å². The summed E-state index contributed by atoms with van der Waals surface area (Å²) >= 11 is 0. The molecule has 0 spiro atoms. The Hall–Kier alpha value is -1.53. The van der Waals surface area contributed by atoms with E-state index >= 15 is 0 Å². The molecule has 1 aliphatic rings. The van der Waals surface area contributed by atoms with E-state index in [0.717, 1.165) is 30.0 Å². The van der Waals surface area contributed by atoms with Gasteiger partial charge in [-0.2, -0.15) is 0 Å². The summed E-state index contributed by atoms with van der Waals surface area (Å²) in [5.74, 6) is 3.54. The van der Waals surface area contributed by atoms with Crippen molar-refractivity contribution in [1.82, 2.24) is 9.88 Å². The Morgan fingerprint density at radius 2 is 2.24 bits per heavy atom. The third-order valence-electron chi connectivity index (χ3n) is 3.16. The quantitative estimate of drug-likeness (QED) is 0.799. The largest absolute Gasteiger partial charge is 0.369 e. The zero-order valence-corrected chi connectivity index (χ0v) is 10.4. The molecule has 0 saturated carbocycles. The Morgan fingerprint density at radius 3 is 2.88 bits per heavy atom. The molecule has 17 heavy (non-hydrogen) atoms. The highest BCUT2D eigenvalue weighted by Crippen LogP contribution is 2.12. The third-order valence-corrected chi connectivity index (χ3v) is 3.16. The van der Waals surface area contributed by atoms with Crippen molar-refractivity contribution in [2.75, 3.05) is 31.5 Å². The molecule has 3 heteroatoms. The Labute approximate surface area is 103 Å². The van der Waals surface area contributed by atoms with Crippen LogP contribution in [0.4, 0.5) is 5.82 Å². The number of aryl methyl sites for hydroxylation is 1. The second-order valence-corrected chi connectivity index (χ2v) is 4.51. The SMILES string of the molecule is C#Cc1cnc(NCCN2CCCC2)c(C)c1. The molecule has 2 heterocycles. The minimum Gasteiger partial charge on any atom is -0.369 e. The van der Waals surface area contributed by atoms with Gasteiger partial charge in [-0.3, -0.25) is 0 Å². The van der Waals surface area contributed by atoms with E-state index in [0.29, 0.717) is 0 Å². The van der Waals surface area contributed by atoms with Crippen LogP contribution in [-0.2, 0) is 0 Å². The molecule has 1 aromatic heterocycles. The molecular weight excluding hydrogens is 210 g/mol. The molecule has 1 fully saturated rings. The molecule has 2 rings (SSSR count). The van der Waals surface area contributed by atoms with Crippen molar-refractivity contribution in [3.63, 3.8) is 0 Å². The highest BCUT2D eigenvalue weighted by atomic mass is 15.2. The fourth-order valence-electron chi connectivity index (χ4n) is 2.18. The minimum atomic E-state index is 0.840. The predicted octanol–water partition coefficient (Wildman–Crippen LogP) is 1.88. The van der Waals surface area contributed by atoms with Crippen molar-refractivity contribution >= 4 is 5.82 Å². The second kappa shape index (κ2) is 5.70. The lowest BCUT2D eigenvalue weighted by Gasteiger charge is -2.15. The van der Waals surface area contributed by atoms with Crippen LogP contribution in [0.5, 0.6) is 0 Å². The topological polar surface area (TPSA) is 28.2 Å². The van der Waals surface area contributed by atoms with E-state index in [1.165, 1.54) is 25.9 Å². The number of rotatable bonds is 4. The number of pyridine rings is 1. The van der Waals surface area contributed by atoms with Gasteiger partial charge in [0, 0.05) is 24.8 Å². The maximum absolute atomic E-state index is 5.33. The molecule has 1 aliphatic heterocycles. The zero-order valence-electron chi connectivity index (χ0n) is 10.4. The molecule has 90 valence electrons. The lowest BCUT2D eigenvalue weighted by atomic mass is 10.2. The van der Waals surface area contributed by atoms with Crippen LogP contribution in [0.25, 0.3) is 0 Å². The second-order valence-electron chi connectivity index (χ2n) is 4.51. The summed E-state index contributed by atoms with van der Waals surface area (Å²) in [5.41, 5.74) is 1.95. The van der Waals surface area contributed by atoms with Crippen LogP contribution in [0.1, 0.15) is 24.0 Å². The summed E-state index contributed by atoms with van der Waals surface area (Å²) in [6.07, 6.45) is 9.76. The fourth-order valence-corrected chi connectivity index (χ4v) is 2.18. The van der Waals surface area contributed by atoms with E-state index in [2.05, 4.69) is 21.1 Å². The average molecular weight is 229 g/mol. The molecule has 0 radical (unpaired) electrons. The van der Waals surface area contributed by atoms with Gasteiger partial charge in [0.1, 0.15) is 5.82 Å². The summed E-state index contributed by atoms with van der Waals surface area (Å²) in [6, 6.07) is 1.99. The molecule has 0 bridgehead atoms. The van der Waals surface area contributed by atoms with Crippen LogP contribution < -0.4 is 5.32 Å². The van der Waals surface area contributed by atoms with E-state index < -0.39 is 0 Å². The molecule has 3 nitrogen and oxygen atoms in total. The Balaban J connectivity index is 1.84. The van der Waals surface area contributed by atoms with Gasteiger partial charge in [-0.15, -0.1) is 6.42 Å². The lowest BCUT2D eigenvalue weighted by Crippen LogP contribution is -2.26. The molecule has 1 aromatic rings. The Morgan fingerprint density at radius 1 is 1.47 bits per heavy atom. The normalized spacial score (nSPS) is 15.8. The highest BCUT2D eigenvalue weighted by Gasteiger charge is 2.10. The standard InChI is InChI=1S/C14H19N3/c1-3-13-10-12(2)14(16-11-13)15-6-9-17-7-4-5-8-17/h1,10-11H,4-9H2,2H3,(H,15,16). The number of likely N-dealkylation sites (tertiary alicyclic amines) is 1. The van der Waals surface area contributed by atoms with Crippen molar-refractivity contribution in [3.8, 4) is 12.3 Å². The summed E-state index contributed by atoms with van der Waals surface area (Å²) in [4.78, 5) is 6.83. The van der Waals surface area contributed by atoms with E-state index in [-0.39, 0.29) is 0 Å². The van der Waals surface area contributed by atoms with Gasteiger partial charge in [0.05, 0.1) is 0 Å². The van der Waals surface area contributed by atoms with Crippen LogP contribution in [0.15, 0.2) is 12.3 Å². The number of nitrogens with zero attached hydrogens (tertiary/aromatic N) is 2. The van der Waals surface area contributed by atoms with Crippen molar-refractivity contribution in [3.05, 3.63) is 23.4 Å². The van der Waals surface area contributed by atoms with Gasteiger partial charge in [0.2, 0.25) is 0 Å². The highest BCUT2D eigenvalue weighted by molar-refractivity contribution is 5.47. The molecule has 0 atom stereocenters. The molecular formula is C14H19N3. The smallest absolute Gasteiger partial charge is 0.128 e. The summed E-state index contributed by atoms with van der Waals surface area (Å²) in [7, 11) is 0. The first-order chi connectivity index (χ1) is 8.29. The molecule has 0 unspecified atom stereocenters. The van der Waals surface area contributed by atoms with Crippen molar-refractivity contribution in [2.24, 2.45) is 0 Å². The number of nitrogens with one attached hydrogen (secondary N) is 1. The monoisotopic (exact) mass is 229 g/mol. The number of anilines is 1. The van der Waals surface area contributed by atoms with Gasteiger partial charge < -0.3 is 10.2 Å². The first-order valence-electron chi connectivity index (χ1n) is 6.19. The molecule has 1 N–H and O–H groups in total. The van der Waals surface area contributed by atoms with Gasteiger partial charge in [-0.1, -0.05) is 5.92 Å². The number of aromatic nitrogens is 1. The predicted molar refractivity (Wildman–Crippen MR) is 71.1 cm³/mol. The molecule has 0 aliphatic carbocycles. The van der Waals surface area contributed by atoms with E-state index in [9.17, 15) is 0 Å². The average Bonchev–Trinajstić information content (AvgIpc) is 2.84. The lowest BCUT2D eigenvalue weighted by molar-refractivity contribution is 0.352. The van der Waals surface area contributed by atoms with Crippen molar-refractivity contribution in [1.29, 1.82) is 0 Å². The summed E-state index contributed by atoms with van der Waals surface area (Å²) in [5, 5.41) is 3.37. The van der Waals surface area contributed by atoms with Crippen molar-refractivity contribution < 1.29 is 0 Å². The van der Waals surface area contributed by atoms with Gasteiger partial charge in [-0.05, 0) is 44.5 Å². The van der Waals surface area contributed by atoms with Gasteiger partial charge >= 0.3 is 0 Å². The van der Waals surface area contributed by atoms with E-state index in [4.69, 9.17) is 6.42 Å². The first kappa shape index (κ1) is 11.9. The van der Waals surface area contributed by atoms with Gasteiger partial charge in [0.25, 0.3) is 0 Å². The maximum atomic E-state index is 5.33. The van der Waals surface area contributed by atoms with Crippen molar-refractivity contribution in [2.45, 2.75) is 19.8 Å². The van der Waals surface area contributed by atoms with E-state index in [1.54, 1.807) is 6.20 Å². The van der Waals surface area contributed by atoms with Gasteiger partial charge in [-0.25, -0.2) is 4.98 Å². The zero-order chi connectivity index (χ0) is 12.1. The minimum absolute atomic E-state index is 0.840. The molecule has 0 amide bonds. The van der Waals surface area contributed by atoms with Crippen LogP contribution >= 0.6 is 0 Å². The van der Waals surface area contributed by atoms with Crippen LogP contribution in [-0.4, -0.2) is 36.1 Å². The fraction of sp³-hybridized carbons (Fsp3) is 0.500. The summed E-state index contributed by atoms with van der Waals surface area (Å²) < 4.78 is 0. The number of terminal acetylenes is 1. The Bertz CT molecular complexity index is 414. The molecule has 0 aromatic carbocycles. The summed E-state index contributed by atoms with van der Waals surface area (Å²) in [6.45, 7) is 6.56. The third kappa shape index (κ3) is 3.21. The molecule has 1 saturated heterocycles. The van der Waals surface area contributed by atoms with Gasteiger partial charge in [0.15, 0.2) is 0 Å². The van der Waals surface area contributed by atoms with E-state index in [1.807, 2.05) is 13.0 Å². The Kier molecular flexibility index (Phi) is 4.00. The van der Waals surface area contributed by atoms with Crippen LogP contribution in [0.3, 0.4) is 0 Å². The maximum Gasteiger partial charge on any atom is 0.128 e. The number of hydrogen-bond donors (Lipinski definition) is 1.